The molecule has 2 aromatic carbocycles. The van der Waals surface area contributed by atoms with Gasteiger partial charge in [-0.3, -0.25) is 0 Å². The first-order valence-electron chi connectivity index (χ1n) is 6.71. The minimum absolute atomic E-state index is 0.159. The Kier molecular flexibility index (Phi) is 4.01. The second kappa shape index (κ2) is 5.38. The van der Waals surface area contributed by atoms with Crippen LogP contribution in [0.4, 0.5) is 0 Å². The summed E-state index contributed by atoms with van der Waals surface area (Å²) < 4.78 is 0. The molecule has 0 heterocycles. The van der Waals surface area contributed by atoms with Crippen molar-refractivity contribution in [1.82, 2.24) is 0 Å². The number of benzene rings is 2. The van der Waals surface area contributed by atoms with Crippen molar-refractivity contribution < 1.29 is 0 Å². The summed E-state index contributed by atoms with van der Waals surface area (Å²) in [6, 6.07) is 15.0. The molecule has 0 aliphatic heterocycles. The van der Waals surface area contributed by atoms with Gasteiger partial charge in [0.2, 0.25) is 0 Å². The van der Waals surface area contributed by atoms with E-state index in [-0.39, 0.29) is 5.41 Å². The number of aryl methyl sites for hydroxylation is 1. The largest absolute Gasteiger partial charge is 0.0840 e. The molecule has 0 unspecified atom stereocenters. The molecule has 0 amide bonds. The predicted molar refractivity (Wildman–Crippen MR) is 84.1 cm³/mol. The smallest absolute Gasteiger partial charge is 0.0441 e. The van der Waals surface area contributed by atoms with Crippen molar-refractivity contribution in [3.63, 3.8) is 0 Å². The Morgan fingerprint density at radius 1 is 0.947 bits per heavy atom. The number of rotatable bonds is 2. The molecule has 2 aromatic rings. The number of hydrogen-bond donors (Lipinski definition) is 0. The Hall–Kier alpha value is -1.27. The Morgan fingerprint density at radius 3 is 2.16 bits per heavy atom. The van der Waals surface area contributed by atoms with Crippen LogP contribution in [0.2, 0.25) is 5.02 Å². The third kappa shape index (κ3) is 3.61. The van der Waals surface area contributed by atoms with Crippen molar-refractivity contribution in [1.29, 1.82) is 0 Å². The maximum Gasteiger partial charge on any atom is 0.0441 e. The van der Waals surface area contributed by atoms with Crippen LogP contribution in [0.3, 0.4) is 0 Å². The highest BCUT2D eigenvalue weighted by molar-refractivity contribution is 6.31. The van der Waals surface area contributed by atoms with E-state index in [1.165, 1.54) is 22.3 Å². The van der Waals surface area contributed by atoms with E-state index in [2.05, 4.69) is 64.1 Å². The molecule has 2 rings (SSSR count). The topological polar surface area (TPSA) is 0 Å². The standard InChI is InChI=1S/C18H21Cl/c1-13-5-7-14(8-6-13)11-15-12-16(18(2,3)4)9-10-17(15)19/h5-10,12H,11H2,1-4H3. The molecule has 0 radical (unpaired) electrons. The minimum atomic E-state index is 0.159. The summed E-state index contributed by atoms with van der Waals surface area (Å²) in [5, 5.41) is 0.855. The first-order chi connectivity index (χ1) is 8.86. The molecular formula is C18H21Cl. The van der Waals surface area contributed by atoms with Crippen LogP contribution in [0.25, 0.3) is 0 Å². The van der Waals surface area contributed by atoms with E-state index in [1.807, 2.05) is 6.07 Å². The highest BCUT2D eigenvalue weighted by atomic mass is 35.5. The lowest BCUT2D eigenvalue weighted by Crippen LogP contribution is -2.11. The Morgan fingerprint density at radius 2 is 1.58 bits per heavy atom. The fraction of sp³-hybridized carbons (Fsp3) is 0.333. The molecule has 0 spiro atoms. The van der Waals surface area contributed by atoms with Gasteiger partial charge >= 0.3 is 0 Å². The van der Waals surface area contributed by atoms with Crippen LogP contribution >= 0.6 is 11.6 Å². The van der Waals surface area contributed by atoms with Crippen molar-refractivity contribution in [2.45, 2.75) is 39.5 Å². The molecule has 19 heavy (non-hydrogen) atoms. The lowest BCUT2D eigenvalue weighted by molar-refractivity contribution is 0.589. The van der Waals surface area contributed by atoms with Gasteiger partial charge in [-0.05, 0) is 41.5 Å². The van der Waals surface area contributed by atoms with E-state index in [9.17, 15) is 0 Å². The van der Waals surface area contributed by atoms with Gasteiger partial charge in [0.25, 0.3) is 0 Å². The lowest BCUT2D eigenvalue weighted by Gasteiger charge is -2.20. The van der Waals surface area contributed by atoms with E-state index in [0.717, 1.165) is 11.4 Å². The predicted octanol–water partition coefficient (Wildman–Crippen LogP) is 5.54. The van der Waals surface area contributed by atoms with Crippen LogP contribution in [0.5, 0.6) is 0 Å². The van der Waals surface area contributed by atoms with E-state index < -0.39 is 0 Å². The van der Waals surface area contributed by atoms with Crippen molar-refractivity contribution in [3.05, 3.63) is 69.7 Å². The van der Waals surface area contributed by atoms with Crippen LogP contribution in [0.15, 0.2) is 42.5 Å². The molecule has 0 aliphatic carbocycles. The summed E-state index contributed by atoms with van der Waals surface area (Å²) in [4.78, 5) is 0. The monoisotopic (exact) mass is 272 g/mol. The van der Waals surface area contributed by atoms with E-state index in [4.69, 9.17) is 11.6 Å². The fourth-order valence-corrected chi connectivity index (χ4v) is 2.29. The molecule has 0 fully saturated rings. The molecule has 1 heteroatoms. The lowest BCUT2D eigenvalue weighted by atomic mass is 9.85. The molecule has 0 saturated heterocycles. The number of halogens is 1. The normalized spacial score (nSPS) is 11.6. The first kappa shape index (κ1) is 14.1. The van der Waals surface area contributed by atoms with Crippen molar-refractivity contribution >= 4 is 11.6 Å². The van der Waals surface area contributed by atoms with Crippen molar-refractivity contribution in [2.75, 3.05) is 0 Å². The van der Waals surface area contributed by atoms with Gasteiger partial charge in [0.05, 0.1) is 0 Å². The van der Waals surface area contributed by atoms with Gasteiger partial charge in [0.15, 0.2) is 0 Å². The third-order valence-electron chi connectivity index (χ3n) is 3.43. The minimum Gasteiger partial charge on any atom is -0.0840 e. The van der Waals surface area contributed by atoms with E-state index in [1.54, 1.807) is 0 Å². The molecule has 0 bridgehead atoms. The van der Waals surface area contributed by atoms with Gasteiger partial charge in [0, 0.05) is 5.02 Å². The van der Waals surface area contributed by atoms with Crippen molar-refractivity contribution in [3.8, 4) is 0 Å². The SMILES string of the molecule is Cc1ccc(Cc2cc(C(C)(C)C)ccc2Cl)cc1. The molecule has 0 saturated carbocycles. The molecule has 100 valence electrons. The molecular weight excluding hydrogens is 252 g/mol. The Balaban J connectivity index is 2.31. The third-order valence-corrected chi connectivity index (χ3v) is 3.80. The molecule has 0 nitrogen and oxygen atoms in total. The summed E-state index contributed by atoms with van der Waals surface area (Å²) in [5.41, 5.74) is 5.29. The summed E-state index contributed by atoms with van der Waals surface area (Å²) in [6.45, 7) is 8.79. The summed E-state index contributed by atoms with van der Waals surface area (Å²) in [5.74, 6) is 0. The van der Waals surface area contributed by atoms with Gasteiger partial charge in [-0.2, -0.15) is 0 Å². The molecule has 0 aliphatic rings. The van der Waals surface area contributed by atoms with Gasteiger partial charge in [-0.1, -0.05) is 74.3 Å². The molecule has 0 atom stereocenters. The maximum absolute atomic E-state index is 6.33. The average molecular weight is 273 g/mol. The highest BCUT2D eigenvalue weighted by Crippen LogP contribution is 2.28. The van der Waals surface area contributed by atoms with Gasteiger partial charge in [-0.25, -0.2) is 0 Å². The molecule has 0 aromatic heterocycles. The quantitative estimate of drug-likeness (QED) is 0.674. The zero-order valence-corrected chi connectivity index (χ0v) is 12.9. The van der Waals surface area contributed by atoms with Crippen LogP contribution in [-0.4, -0.2) is 0 Å². The second-order valence-electron chi connectivity index (χ2n) is 6.22. The zero-order chi connectivity index (χ0) is 14.0. The summed E-state index contributed by atoms with van der Waals surface area (Å²) in [6.07, 6.45) is 0.892. The van der Waals surface area contributed by atoms with Gasteiger partial charge in [0.1, 0.15) is 0 Å². The van der Waals surface area contributed by atoms with Crippen LogP contribution < -0.4 is 0 Å². The second-order valence-corrected chi connectivity index (χ2v) is 6.63. The van der Waals surface area contributed by atoms with Crippen LogP contribution in [0, 0.1) is 6.92 Å². The van der Waals surface area contributed by atoms with Gasteiger partial charge < -0.3 is 0 Å². The van der Waals surface area contributed by atoms with Gasteiger partial charge in [-0.15, -0.1) is 0 Å². The van der Waals surface area contributed by atoms with E-state index in [0.29, 0.717) is 0 Å². The zero-order valence-electron chi connectivity index (χ0n) is 12.1. The number of hydrogen-bond acceptors (Lipinski definition) is 0. The Bertz CT molecular complexity index is 559. The van der Waals surface area contributed by atoms with Crippen molar-refractivity contribution in [2.24, 2.45) is 0 Å². The average Bonchev–Trinajstić information content (AvgIpc) is 2.33. The van der Waals surface area contributed by atoms with Crippen LogP contribution in [-0.2, 0) is 11.8 Å². The van der Waals surface area contributed by atoms with Crippen LogP contribution in [0.1, 0.15) is 43.0 Å². The van der Waals surface area contributed by atoms with E-state index >= 15 is 0 Å². The fourth-order valence-electron chi connectivity index (χ4n) is 2.10. The molecule has 0 N–H and O–H groups in total. The summed E-state index contributed by atoms with van der Waals surface area (Å²) >= 11 is 6.33. The first-order valence-corrected chi connectivity index (χ1v) is 7.08. The Labute approximate surface area is 121 Å². The summed E-state index contributed by atoms with van der Waals surface area (Å²) in [7, 11) is 0. The maximum atomic E-state index is 6.33. The highest BCUT2D eigenvalue weighted by Gasteiger charge is 2.15.